The predicted octanol–water partition coefficient (Wildman–Crippen LogP) is 0.426. The average molecular weight is 283 g/mol. The largest absolute Gasteiger partial charge is 0.354 e. The zero-order chi connectivity index (χ0) is 13.2. The molecule has 0 aliphatic carbocycles. The molecular weight excluding hydrogens is 268 g/mol. The summed E-state index contributed by atoms with van der Waals surface area (Å²) in [5.74, 6) is 1.08. The van der Waals surface area contributed by atoms with Crippen LogP contribution in [0.5, 0.6) is 0 Å². The molecule has 0 saturated carbocycles. The number of hydrogen-bond donors (Lipinski definition) is 2. The molecule has 0 aromatic carbocycles. The highest BCUT2D eigenvalue weighted by Crippen LogP contribution is 2.19. The fraction of sp³-hybridized carbons (Fsp3) is 0.636. The highest BCUT2D eigenvalue weighted by molar-refractivity contribution is 6.28. The van der Waals surface area contributed by atoms with Gasteiger partial charge < -0.3 is 15.5 Å². The van der Waals surface area contributed by atoms with Crippen LogP contribution in [0.25, 0.3) is 0 Å². The first-order valence-electron chi connectivity index (χ1n) is 6.40. The molecule has 0 radical (unpaired) electrons. The lowest BCUT2D eigenvalue weighted by Crippen LogP contribution is -2.25. The Kier molecular flexibility index (Phi) is 3.37. The monoisotopic (exact) mass is 282 g/mol. The van der Waals surface area contributed by atoms with Crippen molar-refractivity contribution in [2.75, 3.05) is 29.9 Å². The zero-order valence-corrected chi connectivity index (χ0v) is 11.2. The van der Waals surface area contributed by atoms with Crippen molar-refractivity contribution in [3.05, 3.63) is 5.28 Å². The lowest BCUT2D eigenvalue weighted by Gasteiger charge is -2.17. The summed E-state index contributed by atoms with van der Waals surface area (Å²) in [6, 6.07) is 0.0115. The molecule has 2 aliphatic rings. The number of rotatable bonds is 3. The summed E-state index contributed by atoms with van der Waals surface area (Å²) in [6.45, 7) is 2.48. The third-order valence-electron chi connectivity index (χ3n) is 3.30. The Hall–Kier alpha value is -1.63. The van der Waals surface area contributed by atoms with Gasteiger partial charge in [-0.2, -0.15) is 15.0 Å². The van der Waals surface area contributed by atoms with Crippen LogP contribution in [-0.4, -0.2) is 46.5 Å². The molecule has 0 spiro atoms. The molecule has 1 amide bonds. The Balaban J connectivity index is 1.75. The van der Waals surface area contributed by atoms with E-state index in [9.17, 15) is 4.79 Å². The highest BCUT2D eigenvalue weighted by atomic mass is 35.5. The van der Waals surface area contributed by atoms with Gasteiger partial charge in [0.2, 0.25) is 23.1 Å². The zero-order valence-electron chi connectivity index (χ0n) is 10.4. The number of carbonyl (C=O) groups is 1. The summed E-state index contributed by atoms with van der Waals surface area (Å²) < 4.78 is 0. The second kappa shape index (κ2) is 5.16. The molecule has 2 fully saturated rings. The Morgan fingerprint density at radius 3 is 2.74 bits per heavy atom. The first-order chi connectivity index (χ1) is 9.20. The van der Waals surface area contributed by atoms with Gasteiger partial charge >= 0.3 is 0 Å². The van der Waals surface area contributed by atoms with Crippen LogP contribution in [0.4, 0.5) is 11.9 Å². The minimum absolute atomic E-state index is 0.0115. The van der Waals surface area contributed by atoms with E-state index in [-0.39, 0.29) is 17.2 Å². The van der Waals surface area contributed by atoms with Gasteiger partial charge in [0.25, 0.3) is 0 Å². The number of nitrogens with zero attached hydrogens (tertiary/aromatic N) is 4. The van der Waals surface area contributed by atoms with Crippen molar-refractivity contribution >= 4 is 29.4 Å². The molecular formula is C11H15ClN6O. The van der Waals surface area contributed by atoms with E-state index in [0.29, 0.717) is 24.9 Å². The van der Waals surface area contributed by atoms with Crippen molar-refractivity contribution in [1.82, 2.24) is 20.3 Å². The van der Waals surface area contributed by atoms with E-state index in [1.165, 1.54) is 0 Å². The summed E-state index contributed by atoms with van der Waals surface area (Å²) in [4.78, 5) is 25.8. The summed E-state index contributed by atoms with van der Waals surface area (Å²) in [6.07, 6.45) is 2.72. The van der Waals surface area contributed by atoms with E-state index in [1.54, 1.807) is 0 Å². The molecule has 0 bridgehead atoms. The average Bonchev–Trinajstić information content (AvgIpc) is 3.00. The van der Waals surface area contributed by atoms with E-state index in [4.69, 9.17) is 11.6 Å². The third kappa shape index (κ3) is 2.86. The van der Waals surface area contributed by atoms with Crippen molar-refractivity contribution in [3.8, 4) is 0 Å². The van der Waals surface area contributed by atoms with Gasteiger partial charge in [-0.1, -0.05) is 0 Å². The summed E-state index contributed by atoms with van der Waals surface area (Å²) >= 11 is 5.93. The van der Waals surface area contributed by atoms with Crippen LogP contribution in [0.15, 0.2) is 0 Å². The molecule has 19 heavy (non-hydrogen) atoms. The van der Waals surface area contributed by atoms with Crippen molar-refractivity contribution in [2.45, 2.75) is 25.3 Å². The molecule has 3 rings (SSSR count). The van der Waals surface area contributed by atoms with Crippen molar-refractivity contribution in [3.63, 3.8) is 0 Å². The molecule has 1 atom stereocenters. The van der Waals surface area contributed by atoms with Crippen molar-refractivity contribution in [1.29, 1.82) is 0 Å². The number of nitrogens with one attached hydrogen (secondary N) is 2. The lowest BCUT2D eigenvalue weighted by molar-refractivity contribution is -0.119. The van der Waals surface area contributed by atoms with E-state index < -0.39 is 0 Å². The summed E-state index contributed by atoms with van der Waals surface area (Å²) in [5, 5.41) is 6.05. The van der Waals surface area contributed by atoms with Gasteiger partial charge in [0, 0.05) is 26.1 Å². The van der Waals surface area contributed by atoms with Crippen LogP contribution in [0, 0.1) is 0 Å². The molecule has 1 aromatic heterocycles. The molecule has 2 aliphatic heterocycles. The number of hydrogen-bond acceptors (Lipinski definition) is 6. The fourth-order valence-electron chi connectivity index (χ4n) is 2.35. The Morgan fingerprint density at radius 1 is 1.26 bits per heavy atom. The highest BCUT2D eigenvalue weighted by Gasteiger charge is 2.23. The Morgan fingerprint density at radius 2 is 2.05 bits per heavy atom. The number of aromatic nitrogens is 3. The summed E-state index contributed by atoms with van der Waals surface area (Å²) in [5.41, 5.74) is 0. The van der Waals surface area contributed by atoms with E-state index in [1.807, 2.05) is 0 Å². The molecule has 2 N–H and O–H groups in total. The van der Waals surface area contributed by atoms with Gasteiger partial charge in [0.1, 0.15) is 0 Å². The maximum Gasteiger partial charge on any atom is 0.231 e. The quantitative estimate of drug-likeness (QED) is 0.836. The van der Waals surface area contributed by atoms with E-state index in [2.05, 4.69) is 30.5 Å². The predicted molar refractivity (Wildman–Crippen MR) is 71.3 cm³/mol. The molecule has 102 valence electrons. The Labute approximate surface area is 115 Å². The summed E-state index contributed by atoms with van der Waals surface area (Å²) in [7, 11) is 0. The van der Waals surface area contributed by atoms with Crippen LogP contribution >= 0.6 is 11.6 Å². The van der Waals surface area contributed by atoms with E-state index >= 15 is 0 Å². The van der Waals surface area contributed by atoms with E-state index in [0.717, 1.165) is 25.9 Å². The minimum Gasteiger partial charge on any atom is -0.354 e. The van der Waals surface area contributed by atoms with Crippen LogP contribution in [-0.2, 0) is 4.79 Å². The number of carbonyl (C=O) groups excluding carboxylic acids is 1. The van der Waals surface area contributed by atoms with Crippen LogP contribution < -0.4 is 15.5 Å². The second-order valence-corrected chi connectivity index (χ2v) is 5.11. The Bertz CT molecular complexity index is 490. The molecule has 2 saturated heterocycles. The number of anilines is 2. The van der Waals surface area contributed by atoms with Gasteiger partial charge in [-0.3, -0.25) is 4.79 Å². The number of halogens is 1. The van der Waals surface area contributed by atoms with Gasteiger partial charge in [-0.05, 0) is 24.4 Å². The van der Waals surface area contributed by atoms with Gasteiger partial charge in [0.05, 0.1) is 6.04 Å². The van der Waals surface area contributed by atoms with Crippen molar-refractivity contribution in [2.24, 2.45) is 0 Å². The van der Waals surface area contributed by atoms with Gasteiger partial charge in [0.15, 0.2) is 0 Å². The molecule has 7 nitrogen and oxygen atoms in total. The maximum atomic E-state index is 11.1. The molecule has 3 heterocycles. The van der Waals surface area contributed by atoms with Crippen molar-refractivity contribution < 1.29 is 4.79 Å². The number of amides is 1. The van der Waals surface area contributed by atoms with Crippen LogP contribution in [0.3, 0.4) is 0 Å². The standard InChI is InChI=1S/C11H15ClN6O/c12-9-15-10(14-7-5-8(19)13-6-7)17-11(16-9)18-3-1-2-4-18/h7H,1-6H2,(H,13,19)(H,14,15,16,17). The van der Waals surface area contributed by atoms with Gasteiger partial charge in [-0.25, -0.2) is 0 Å². The third-order valence-corrected chi connectivity index (χ3v) is 3.46. The normalized spacial score (nSPS) is 22.7. The first-order valence-corrected chi connectivity index (χ1v) is 6.78. The first kappa shape index (κ1) is 12.4. The minimum atomic E-state index is 0.0115. The van der Waals surface area contributed by atoms with Crippen LogP contribution in [0.2, 0.25) is 5.28 Å². The van der Waals surface area contributed by atoms with Gasteiger partial charge in [-0.15, -0.1) is 0 Å². The smallest absolute Gasteiger partial charge is 0.231 e. The maximum absolute atomic E-state index is 11.1. The molecule has 1 unspecified atom stereocenters. The lowest BCUT2D eigenvalue weighted by atomic mass is 10.3. The molecule has 1 aromatic rings. The molecule has 8 heteroatoms. The SMILES string of the molecule is O=C1CC(Nc2nc(Cl)nc(N3CCCC3)n2)CN1. The fourth-order valence-corrected chi connectivity index (χ4v) is 2.51. The van der Waals surface area contributed by atoms with Crippen LogP contribution in [0.1, 0.15) is 19.3 Å². The second-order valence-electron chi connectivity index (χ2n) is 4.77. The topological polar surface area (TPSA) is 83.0 Å².